The minimum atomic E-state index is -0.309. The van der Waals surface area contributed by atoms with Gasteiger partial charge in [0.25, 0.3) is 5.56 Å². The Bertz CT molecular complexity index is 1170. The number of rotatable bonds is 6. The van der Waals surface area contributed by atoms with Crippen LogP contribution in [-0.4, -0.2) is 33.9 Å². The van der Waals surface area contributed by atoms with Crippen LogP contribution in [0.5, 0.6) is 0 Å². The maximum atomic E-state index is 12.5. The predicted octanol–water partition coefficient (Wildman–Crippen LogP) is 3.56. The molecule has 0 unspecified atom stereocenters. The van der Waals surface area contributed by atoms with E-state index in [1.165, 1.54) is 6.07 Å². The number of halogens is 2. The van der Waals surface area contributed by atoms with Crippen LogP contribution in [0.1, 0.15) is 18.3 Å². The van der Waals surface area contributed by atoms with Gasteiger partial charge in [0, 0.05) is 10.0 Å². The van der Waals surface area contributed by atoms with Crippen molar-refractivity contribution in [1.82, 2.24) is 14.9 Å². The number of benzene rings is 2. The molecule has 3 rings (SSSR count). The molecule has 0 aliphatic carbocycles. The first-order chi connectivity index (χ1) is 13.9. The second-order valence-corrected chi connectivity index (χ2v) is 7.20. The SMILES string of the molecule is CCN(CC(=O)Nc1cc(Cl)ccc1C#N)Cc1nc2cc(Cl)ccc2c(=O)[nH]1. The third-order valence-electron chi connectivity index (χ3n) is 4.28. The van der Waals surface area contributed by atoms with Gasteiger partial charge in [0.15, 0.2) is 0 Å². The van der Waals surface area contributed by atoms with Gasteiger partial charge in [0.2, 0.25) is 5.91 Å². The average Bonchev–Trinajstić information content (AvgIpc) is 2.67. The van der Waals surface area contributed by atoms with E-state index in [0.717, 1.165) is 0 Å². The number of nitrogens with one attached hydrogen (secondary N) is 2. The molecule has 9 heteroatoms. The van der Waals surface area contributed by atoms with Crippen LogP contribution in [0.4, 0.5) is 5.69 Å². The van der Waals surface area contributed by atoms with Crippen molar-refractivity contribution in [3.05, 3.63) is 68.2 Å². The zero-order valence-corrected chi connectivity index (χ0v) is 17.0. The van der Waals surface area contributed by atoms with Gasteiger partial charge in [0.05, 0.1) is 35.2 Å². The number of amides is 1. The molecule has 0 radical (unpaired) electrons. The number of aromatic amines is 1. The van der Waals surface area contributed by atoms with E-state index in [-0.39, 0.29) is 24.6 Å². The highest BCUT2D eigenvalue weighted by atomic mass is 35.5. The van der Waals surface area contributed by atoms with Gasteiger partial charge in [-0.3, -0.25) is 14.5 Å². The molecule has 1 heterocycles. The van der Waals surface area contributed by atoms with Gasteiger partial charge in [0.1, 0.15) is 11.9 Å². The number of hydrogen-bond donors (Lipinski definition) is 2. The molecule has 0 atom stereocenters. The maximum Gasteiger partial charge on any atom is 0.258 e. The van der Waals surface area contributed by atoms with E-state index in [0.29, 0.717) is 44.6 Å². The lowest BCUT2D eigenvalue weighted by Crippen LogP contribution is -2.34. The smallest absolute Gasteiger partial charge is 0.258 e. The number of aromatic nitrogens is 2. The van der Waals surface area contributed by atoms with Crippen molar-refractivity contribution in [2.75, 3.05) is 18.4 Å². The second kappa shape index (κ2) is 9.05. The molecule has 0 fully saturated rings. The fraction of sp³-hybridized carbons (Fsp3) is 0.200. The molecule has 3 aromatic rings. The van der Waals surface area contributed by atoms with Crippen LogP contribution >= 0.6 is 23.2 Å². The van der Waals surface area contributed by atoms with Gasteiger partial charge in [-0.05, 0) is 42.9 Å². The fourth-order valence-corrected chi connectivity index (χ4v) is 3.18. The molecule has 0 bridgehead atoms. The Hall–Kier alpha value is -2.92. The van der Waals surface area contributed by atoms with Crippen LogP contribution < -0.4 is 10.9 Å². The molecule has 0 aliphatic heterocycles. The molecule has 2 N–H and O–H groups in total. The minimum Gasteiger partial charge on any atom is -0.324 e. The Morgan fingerprint density at radius 3 is 2.69 bits per heavy atom. The van der Waals surface area contributed by atoms with E-state index >= 15 is 0 Å². The average molecular weight is 430 g/mol. The zero-order valence-electron chi connectivity index (χ0n) is 15.5. The third-order valence-corrected chi connectivity index (χ3v) is 4.75. The minimum absolute atomic E-state index is 0.0468. The highest BCUT2D eigenvalue weighted by molar-refractivity contribution is 6.31. The van der Waals surface area contributed by atoms with Gasteiger partial charge >= 0.3 is 0 Å². The third kappa shape index (κ3) is 5.12. The van der Waals surface area contributed by atoms with Gasteiger partial charge in [-0.1, -0.05) is 30.1 Å². The largest absolute Gasteiger partial charge is 0.324 e. The van der Waals surface area contributed by atoms with Gasteiger partial charge < -0.3 is 10.3 Å². The van der Waals surface area contributed by atoms with Crippen molar-refractivity contribution in [1.29, 1.82) is 5.26 Å². The van der Waals surface area contributed by atoms with Crippen molar-refractivity contribution in [3.63, 3.8) is 0 Å². The maximum absolute atomic E-state index is 12.5. The Balaban J connectivity index is 1.75. The van der Waals surface area contributed by atoms with E-state index < -0.39 is 0 Å². The topological polar surface area (TPSA) is 102 Å². The van der Waals surface area contributed by atoms with E-state index in [2.05, 4.69) is 15.3 Å². The highest BCUT2D eigenvalue weighted by Crippen LogP contribution is 2.20. The van der Waals surface area contributed by atoms with Crippen molar-refractivity contribution < 1.29 is 4.79 Å². The highest BCUT2D eigenvalue weighted by Gasteiger charge is 2.14. The zero-order chi connectivity index (χ0) is 21.0. The van der Waals surface area contributed by atoms with Gasteiger partial charge in [-0.25, -0.2) is 4.98 Å². The summed E-state index contributed by atoms with van der Waals surface area (Å²) in [5, 5.41) is 13.2. The van der Waals surface area contributed by atoms with Crippen LogP contribution in [-0.2, 0) is 11.3 Å². The molecule has 1 aromatic heterocycles. The second-order valence-electron chi connectivity index (χ2n) is 6.33. The quantitative estimate of drug-likeness (QED) is 0.623. The molecule has 0 saturated heterocycles. The first-order valence-corrected chi connectivity index (χ1v) is 9.55. The van der Waals surface area contributed by atoms with Gasteiger partial charge in [-0.15, -0.1) is 0 Å². The number of fused-ring (bicyclic) bond motifs is 1. The lowest BCUT2D eigenvalue weighted by atomic mass is 10.2. The summed E-state index contributed by atoms with van der Waals surface area (Å²) in [5.41, 5.74) is 0.908. The lowest BCUT2D eigenvalue weighted by molar-refractivity contribution is -0.117. The van der Waals surface area contributed by atoms with Crippen LogP contribution in [0.3, 0.4) is 0 Å². The number of anilines is 1. The van der Waals surface area contributed by atoms with Crippen molar-refractivity contribution in [3.8, 4) is 6.07 Å². The standard InChI is InChI=1S/C20H17Cl2N5O2/c1-2-27(11-19(28)25-16-7-13(21)4-3-12(16)9-23)10-18-24-17-8-14(22)5-6-15(17)20(29)26-18/h3-8H,2,10-11H2,1H3,(H,25,28)(H,24,26,29). The summed E-state index contributed by atoms with van der Waals surface area (Å²) < 4.78 is 0. The fourth-order valence-electron chi connectivity index (χ4n) is 2.84. The number of carbonyl (C=O) groups is 1. The van der Waals surface area contributed by atoms with E-state index in [4.69, 9.17) is 23.2 Å². The Labute approximate surface area is 176 Å². The summed E-state index contributed by atoms with van der Waals surface area (Å²) in [6.07, 6.45) is 0. The first-order valence-electron chi connectivity index (χ1n) is 8.80. The van der Waals surface area contributed by atoms with Gasteiger partial charge in [-0.2, -0.15) is 5.26 Å². The molecule has 29 heavy (non-hydrogen) atoms. The van der Waals surface area contributed by atoms with Crippen LogP contribution in [0, 0.1) is 11.3 Å². The molecular formula is C20H17Cl2N5O2. The molecule has 148 valence electrons. The van der Waals surface area contributed by atoms with E-state index in [9.17, 15) is 14.9 Å². The Morgan fingerprint density at radius 1 is 1.24 bits per heavy atom. The molecule has 2 aromatic carbocycles. The number of carbonyl (C=O) groups excluding carboxylic acids is 1. The molecule has 0 saturated carbocycles. The summed E-state index contributed by atoms with van der Waals surface area (Å²) >= 11 is 11.9. The predicted molar refractivity (Wildman–Crippen MR) is 113 cm³/mol. The molecular weight excluding hydrogens is 413 g/mol. The van der Waals surface area contributed by atoms with E-state index in [1.54, 1.807) is 35.2 Å². The van der Waals surface area contributed by atoms with Crippen LogP contribution in [0.15, 0.2) is 41.2 Å². The first kappa shape index (κ1) is 20.8. The normalized spacial score (nSPS) is 10.9. The van der Waals surface area contributed by atoms with E-state index in [1.807, 2.05) is 13.0 Å². The number of hydrogen-bond acceptors (Lipinski definition) is 5. The molecule has 7 nitrogen and oxygen atoms in total. The van der Waals surface area contributed by atoms with Crippen molar-refractivity contribution in [2.24, 2.45) is 0 Å². The Morgan fingerprint density at radius 2 is 1.97 bits per heavy atom. The summed E-state index contributed by atoms with van der Waals surface area (Å²) in [4.78, 5) is 33.7. The summed E-state index contributed by atoms with van der Waals surface area (Å²) in [5.74, 6) is 0.122. The monoisotopic (exact) mass is 429 g/mol. The summed E-state index contributed by atoms with van der Waals surface area (Å²) in [6, 6.07) is 11.6. The number of nitrogens with zero attached hydrogens (tertiary/aromatic N) is 3. The Kier molecular flexibility index (Phi) is 6.49. The lowest BCUT2D eigenvalue weighted by Gasteiger charge is -2.19. The molecule has 1 amide bonds. The molecule has 0 aliphatic rings. The number of likely N-dealkylation sites (N-methyl/N-ethyl adjacent to an activating group) is 1. The summed E-state index contributed by atoms with van der Waals surface area (Å²) in [7, 11) is 0. The van der Waals surface area contributed by atoms with Crippen molar-refractivity contribution in [2.45, 2.75) is 13.5 Å². The van der Waals surface area contributed by atoms with Crippen molar-refractivity contribution >= 4 is 45.7 Å². The van der Waals surface area contributed by atoms with Crippen LogP contribution in [0.25, 0.3) is 10.9 Å². The number of H-pyrrole nitrogens is 1. The van der Waals surface area contributed by atoms with Crippen LogP contribution in [0.2, 0.25) is 10.0 Å². The number of nitriles is 1. The summed E-state index contributed by atoms with van der Waals surface area (Å²) in [6.45, 7) is 2.75. The molecule has 0 spiro atoms.